The summed E-state index contributed by atoms with van der Waals surface area (Å²) in [5.74, 6) is 1.11. The van der Waals surface area contributed by atoms with E-state index in [1.807, 2.05) is 0 Å². The van der Waals surface area contributed by atoms with Gasteiger partial charge in [-0.1, -0.05) is 30.7 Å². The molecule has 1 aromatic heterocycles. The van der Waals surface area contributed by atoms with Crippen molar-refractivity contribution >= 4 is 44.5 Å². The van der Waals surface area contributed by atoms with Crippen LogP contribution >= 0.6 is 22.9 Å². The molecule has 1 fully saturated rings. The number of hydroxylamine groups is 1. The molecule has 0 aliphatic heterocycles. The number of nitrogens with one attached hydrogen (secondary N) is 1. The quantitative estimate of drug-likeness (QED) is 0.259. The molecular weight excluding hydrogens is 407 g/mol. The summed E-state index contributed by atoms with van der Waals surface area (Å²) in [7, 11) is 0. The molecule has 3 nitrogen and oxygen atoms in total. The molecule has 1 saturated carbocycles. The molecular formula is C23H24ClFN2OS. The molecule has 1 atom stereocenters. The highest BCUT2D eigenvalue weighted by Gasteiger charge is 2.29. The van der Waals surface area contributed by atoms with E-state index in [-0.39, 0.29) is 10.9 Å². The molecule has 3 aromatic rings. The summed E-state index contributed by atoms with van der Waals surface area (Å²) >= 11 is 7.63. The van der Waals surface area contributed by atoms with Crippen LogP contribution < -0.4 is 5.48 Å². The first-order valence-corrected chi connectivity index (χ1v) is 11.2. The second-order valence-electron chi connectivity index (χ2n) is 7.83. The minimum atomic E-state index is -0.476. The average molecular weight is 431 g/mol. The van der Waals surface area contributed by atoms with Crippen molar-refractivity contribution in [2.45, 2.75) is 38.5 Å². The van der Waals surface area contributed by atoms with Crippen LogP contribution in [0.15, 0.2) is 52.8 Å². The van der Waals surface area contributed by atoms with Gasteiger partial charge >= 0.3 is 0 Å². The van der Waals surface area contributed by atoms with E-state index in [9.17, 15) is 9.60 Å². The largest absolute Gasteiger partial charge is 0.290 e. The van der Waals surface area contributed by atoms with Gasteiger partial charge < -0.3 is 0 Å². The van der Waals surface area contributed by atoms with Crippen LogP contribution in [0.3, 0.4) is 0 Å². The zero-order valence-corrected chi connectivity index (χ0v) is 17.8. The van der Waals surface area contributed by atoms with Crippen LogP contribution in [0.4, 0.5) is 10.1 Å². The molecule has 152 valence electrons. The van der Waals surface area contributed by atoms with Gasteiger partial charge in [-0.15, -0.1) is 11.3 Å². The monoisotopic (exact) mass is 430 g/mol. The van der Waals surface area contributed by atoms with E-state index < -0.39 is 5.82 Å². The van der Waals surface area contributed by atoms with Crippen LogP contribution in [0.5, 0.6) is 0 Å². The number of hydrogen-bond acceptors (Lipinski definition) is 3. The Hall–Kier alpha value is -1.95. The van der Waals surface area contributed by atoms with Crippen LogP contribution in [0, 0.1) is 17.7 Å². The standard InChI is InChI=1S/C23H24ClFN2OS/c1-14(23(27-28)26-19-7-8-21(25)20(24)13-19)15-2-4-16(5-3-15)17-6-9-22-18(12-17)10-11-29-22/h6-16,28H,2-5H2,1H3,(H,26,27). The molecule has 0 bridgehead atoms. The molecule has 1 aliphatic rings. The maximum absolute atomic E-state index is 13.4. The second-order valence-corrected chi connectivity index (χ2v) is 9.18. The highest BCUT2D eigenvalue weighted by Crippen LogP contribution is 2.40. The van der Waals surface area contributed by atoms with Crippen molar-refractivity contribution in [3.8, 4) is 0 Å². The highest BCUT2D eigenvalue weighted by atomic mass is 35.5. The van der Waals surface area contributed by atoms with Crippen molar-refractivity contribution in [1.82, 2.24) is 5.48 Å². The molecule has 2 N–H and O–H groups in total. The summed E-state index contributed by atoms with van der Waals surface area (Å²) in [6.45, 7) is 2.08. The summed E-state index contributed by atoms with van der Waals surface area (Å²) < 4.78 is 14.7. The number of hydrogen-bond donors (Lipinski definition) is 2. The fourth-order valence-electron chi connectivity index (χ4n) is 4.34. The van der Waals surface area contributed by atoms with Crippen LogP contribution in [0.25, 0.3) is 10.1 Å². The normalized spacial score (nSPS) is 21.3. The average Bonchev–Trinajstić information content (AvgIpc) is 3.22. The Kier molecular flexibility index (Phi) is 6.18. The Bertz CT molecular complexity index is 1030. The Morgan fingerprint density at radius 1 is 1.17 bits per heavy atom. The van der Waals surface area contributed by atoms with Crippen molar-refractivity contribution in [2.24, 2.45) is 16.8 Å². The number of amidine groups is 1. The molecule has 1 aliphatic carbocycles. The van der Waals surface area contributed by atoms with Crippen molar-refractivity contribution in [1.29, 1.82) is 0 Å². The Labute approximate surface area is 179 Å². The first-order chi connectivity index (χ1) is 14.0. The number of nitrogens with zero attached hydrogens (tertiary/aromatic N) is 1. The van der Waals surface area contributed by atoms with E-state index in [1.54, 1.807) is 17.4 Å². The van der Waals surface area contributed by atoms with E-state index in [0.717, 1.165) is 25.7 Å². The van der Waals surface area contributed by atoms with Crippen molar-refractivity contribution in [2.75, 3.05) is 0 Å². The number of aliphatic imine (C=N–C) groups is 1. The maximum atomic E-state index is 13.4. The molecule has 29 heavy (non-hydrogen) atoms. The lowest BCUT2D eigenvalue weighted by molar-refractivity contribution is 0.213. The SMILES string of the molecule is CC(C(=Nc1ccc(F)c(Cl)c1)NO)C1CCC(c2ccc3sccc3c2)CC1. The summed E-state index contributed by atoms with van der Waals surface area (Å²) in [5, 5.41) is 13.1. The van der Waals surface area contributed by atoms with Crippen LogP contribution in [-0.4, -0.2) is 11.0 Å². The third kappa shape index (κ3) is 4.47. The predicted molar refractivity (Wildman–Crippen MR) is 119 cm³/mol. The van der Waals surface area contributed by atoms with Gasteiger partial charge in [0.1, 0.15) is 11.7 Å². The Balaban J connectivity index is 1.43. The number of rotatable bonds is 4. The molecule has 6 heteroatoms. The lowest BCUT2D eigenvalue weighted by atomic mass is 9.74. The van der Waals surface area contributed by atoms with Gasteiger partial charge in [0.2, 0.25) is 0 Å². The molecule has 1 unspecified atom stereocenters. The first kappa shape index (κ1) is 20.3. The predicted octanol–water partition coefficient (Wildman–Crippen LogP) is 7.31. The van der Waals surface area contributed by atoms with Gasteiger partial charge in [-0.05, 0) is 84.2 Å². The van der Waals surface area contributed by atoms with Crippen LogP contribution in [0.1, 0.15) is 44.1 Å². The second kappa shape index (κ2) is 8.82. The summed E-state index contributed by atoms with van der Waals surface area (Å²) in [4.78, 5) is 4.47. The van der Waals surface area contributed by atoms with Gasteiger partial charge in [0.15, 0.2) is 0 Å². The van der Waals surface area contributed by atoms with E-state index in [2.05, 4.69) is 47.0 Å². The van der Waals surface area contributed by atoms with Crippen molar-refractivity contribution in [3.05, 3.63) is 64.2 Å². The molecule has 2 aromatic carbocycles. The van der Waals surface area contributed by atoms with Crippen molar-refractivity contribution < 1.29 is 9.60 Å². The molecule has 1 heterocycles. The Morgan fingerprint density at radius 3 is 2.69 bits per heavy atom. The van der Waals surface area contributed by atoms with E-state index in [0.29, 0.717) is 23.4 Å². The van der Waals surface area contributed by atoms with Gasteiger partial charge in [0.25, 0.3) is 0 Å². The molecule has 0 spiro atoms. The summed E-state index contributed by atoms with van der Waals surface area (Å²) in [6, 6.07) is 13.3. The number of halogens is 2. The third-order valence-corrected chi connectivity index (χ3v) is 7.31. The summed E-state index contributed by atoms with van der Waals surface area (Å²) in [6.07, 6.45) is 4.42. The minimum absolute atomic E-state index is 0.0271. The number of benzene rings is 2. The first-order valence-electron chi connectivity index (χ1n) is 9.96. The van der Waals surface area contributed by atoms with Gasteiger partial charge in [0.05, 0.1) is 10.7 Å². The molecule has 0 amide bonds. The number of fused-ring (bicyclic) bond motifs is 1. The lowest BCUT2D eigenvalue weighted by Crippen LogP contribution is -2.33. The molecule has 0 saturated heterocycles. The Morgan fingerprint density at radius 2 is 1.97 bits per heavy atom. The number of thiophene rings is 1. The maximum Gasteiger partial charge on any atom is 0.141 e. The van der Waals surface area contributed by atoms with Crippen molar-refractivity contribution in [3.63, 3.8) is 0 Å². The zero-order chi connectivity index (χ0) is 20.4. The fourth-order valence-corrected chi connectivity index (χ4v) is 5.28. The van der Waals surface area contributed by atoms with E-state index in [1.165, 1.54) is 27.8 Å². The van der Waals surface area contributed by atoms with Crippen LogP contribution in [0.2, 0.25) is 5.02 Å². The van der Waals surface area contributed by atoms with E-state index >= 15 is 0 Å². The smallest absolute Gasteiger partial charge is 0.141 e. The third-order valence-electron chi connectivity index (χ3n) is 6.13. The van der Waals surface area contributed by atoms with Gasteiger partial charge in [0, 0.05) is 10.6 Å². The van der Waals surface area contributed by atoms with Crippen LogP contribution in [-0.2, 0) is 0 Å². The lowest BCUT2D eigenvalue weighted by Gasteiger charge is -2.32. The topological polar surface area (TPSA) is 44.6 Å². The minimum Gasteiger partial charge on any atom is -0.290 e. The highest BCUT2D eigenvalue weighted by molar-refractivity contribution is 7.17. The molecule has 0 radical (unpaired) electrons. The fraction of sp³-hybridized carbons (Fsp3) is 0.348. The van der Waals surface area contributed by atoms with Gasteiger partial charge in [-0.25, -0.2) is 9.38 Å². The van der Waals surface area contributed by atoms with Gasteiger partial charge in [-0.3, -0.25) is 10.7 Å². The zero-order valence-electron chi connectivity index (χ0n) is 16.2. The van der Waals surface area contributed by atoms with E-state index in [4.69, 9.17) is 11.6 Å². The van der Waals surface area contributed by atoms with Gasteiger partial charge in [-0.2, -0.15) is 0 Å². The summed E-state index contributed by atoms with van der Waals surface area (Å²) in [5.41, 5.74) is 4.21. The molecule has 4 rings (SSSR count).